The molecule has 3 aromatic rings. The summed E-state index contributed by atoms with van der Waals surface area (Å²) in [6.07, 6.45) is 0.230. The number of nitriles is 1. The Bertz CT molecular complexity index is 1010. The maximum atomic E-state index is 12.8. The highest BCUT2D eigenvalue weighted by molar-refractivity contribution is 7.99. The number of carbonyl (C=O) groups excluding carboxylic acids is 1. The number of carbonyl (C=O) groups is 1. The third kappa shape index (κ3) is 4.47. The zero-order valence-corrected chi connectivity index (χ0v) is 17.4. The molecule has 2 aromatic heterocycles. The van der Waals surface area contributed by atoms with Crippen LogP contribution >= 0.6 is 34.7 Å². The molecule has 10 heteroatoms. The molecule has 28 heavy (non-hydrogen) atoms. The molecule has 0 saturated heterocycles. The fraction of sp³-hybridized carbons (Fsp3) is 0.222. The highest BCUT2D eigenvalue weighted by Gasteiger charge is 2.19. The lowest BCUT2D eigenvalue weighted by atomic mass is 10.2. The first kappa shape index (κ1) is 20.2. The van der Waals surface area contributed by atoms with Crippen molar-refractivity contribution in [1.82, 2.24) is 14.9 Å². The molecule has 0 fully saturated rings. The van der Waals surface area contributed by atoms with Gasteiger partial charge in [-0.3, -0.25) is 4.79 Å². The van der Waals surface area contributed by atoms with Crippen molar-refractivity contribution in [3.63, 3.8) is 0 Å². The summed E-state index contributed by atoms with van der Waals surface area (Å²) in [6.45, 7) is 2.17. The molecule has 0 aliphatic rings. The average Bonchev–Trinajstić information content (AvgIpc) is 3.33. The molecular formula is C18H17ClN6OS2. The van der Waals surface area contributed by atoms with E-state index < -0.39 is 0 Å². The number of aromatic nitrogens is 3. The van der Waals surface area contributed by atoms with Gasteiger partial charge in [-0.15, -0.1) is 21.5 Å². The van der Waals surface area contributed by atoms with E-state index in [0.717, 1.165) is 10.4 Å². The first-order chi connectivity index (χ1) is 13.5. The van der Waals surface area contributed by atoms with Crippen molar-refractivity contribution < 1.29 is 4.79 Å². The molecule has 0 radical (unpaired) electrons. The van der Waals surface area contributed by atoms with Gasteiger partial charge in [0.25, 0.3) is 0 Å². The van der Waals surface area contributed by atoms with Crippen LogP contribution < -0.4 is 10.7 Å². The van der Waals surface area contributed by atoms with Crippen LogP contribution in [0.3, 0.4) is 0 Å². The number of amides is 1. The fourth-order valence-corrected chi connectivity index (χ4v) is 4.07. The molecular weight excluding hydrogens is 416 g/mol. The number of anilines is 1. The molecule has 0 aliphatic heterocycles. The van der Waals surface area contributed by atoms with Crippen LogP contribution in [0, 0.1) is 18.3 Å². The molecule has 2 N–H and O–H groups in total. The lowest BCUT2D eigenvalue weighted by Gasteiger charge is -2.22. The van der Waals surface area contributed by atoms with Crippen molar-refractivity contribution in [3.8, 4) is 16.8 Å². The maximum Gasteiger partial charge on any atom is 0.237 e. The van der Waals surface area contributed by atoms with Crippen LogP contribution in [0.1, 0.15) is 12.0 Å². The molecule has 0 aliphatic carbocycles. The van der Waals surface area contributed by atoms with Crippen molar-refractivity contribution in [2.45, 2.75) is 18.5 Å². The molecule has 0 bridgehead atoms. The third-order valence-electron chi connectivity index (χ3n) is 3.93. The van der Waals surface area contributed by atoms with Crippen molar-refractivity contribution in [3.05, 3.63) is 46.3 Å². The van der Waals surface area contributed by atoms with E-state index in [4.69, 9.17) is 22.7 Å². The van der Waals surface area contributed by atoms with E-state index >= 15 is 0 Å². The summed E-state index contributed by atoms with van der Waals surface area (Å²) in [5.41, 5.74) is 1.57. The van der Waals surface area contributed by atoms with Gasteiger partial charge in [-0.25, -0.2) is 4.68 Å². The van der Waals surface area contributed by atoms with Gasteiger partial charge in [-0.1, -0.05) is 29.4 Å². The molecule has 7 nitrogen and oxygen atoms in total. The number of thiophene rings is 1. The monoisotopic (exact) mass is 432 g/mol. The van der Waals surface area contributed by atoms with E-state index in [-0.39, 0.29) is 18.1 Å². The van der Waals surface area contributed by atoms with Gasteiger partial charge < -0.3 is 10.7 Å². The molecule has 144 valence electrons. The number of nitrogen functional groups attached to an aromatic ring is 1. The predicted octanol–water partition coefficient (Wildman–Crippen LogP) is 3.72. The van der Waals surface area contributed by atoms with Gasteiger partial charge in [0.05, 0.1) is 23.1 Å². The lowest BCUT2D eigenvalue weighted by molar-refractivity contribution is -0.116. The largest absolute Gasteiger partial charge is 0.335 e. The lowest BCUT2D eigenvalue weighted by Crippen LogP contribution is -2.33. The SMILES string of the molecule is Cc1cc(N(CCC#N)C(=O)CSc2nnc(-c3cccs3)n2N)ccc1Cl. The highest BCUT2D eigenvalue weighted by atomic mass is 35.5. The third-order valence-corrected chi connectivity index (χ3v) is 6.15. The standard InChI is InChI=1S/C18H17ClN6OS2/c1-12-10-13(5-6-14(12)19)24(8-3-7-20)16(26)11-28-18-23-22-17(25(18)21)15-4-2-9-27-15/h2,4-6,9-10H,3,8,11,21H2,1H3. The summed E-state index contributed by atoms with van der Waals surface area (Å²) < 4.78 is 1.38. The number of aryl methyl sites for hydroxylation is 1. The summed E-state index contributed by atoms with van der Waals surface area (Å²) in [7, 11) is 0. The van der Waals surface area contributed by atoms with E-state index in [0.29, 0.717) is 28.2 Å². The summed E-state index contributed by atoms with van der Waals surface area (Å²) in [4.78, 5) is 15.3. The second kappa shape index (κ2) is 9.10. The summed E-state index contributed by atoms with van der Waals surface area (Å²) in [5, 5.41) is 20.1. The second-order valence-corrected chi connectivity index (χ2v) is 8.13. The van der Waals surface area contributed by atoms with Gasteiger partial charge in [-0.05, 0) is 42.1 Å². The molecule has 3 rings (SSSR count). The van der Waals surface area contributed by atoms with Gasteiger partial charge in [0.2, 0.25) is 11.1 Å². The second-order valence-electron chi connectivity index (χ2n) is 5.83. The maximum absolute atomic E-state index is 12.8. The normalized spacial score (nSPS) is 10.6. The molecule has 0 saturated carbocycles. The van der Waals surface area contributed by atoms with Gasteiger partial charge in [0.15, 0.2) is 5.82 Å². The fourth-order valence-electron chi connectivity index (χ4n) is 2.51. The van der Waals surface area contributed by atoms with Gasteiger partial charge >= 0.3 is 0 Å². The Labute approximate surface area is 175 Å². The topological polar surface area (TPSA) is 101 Å². The molecule has 0 unspecified atom stereocenters. The Morgan fingerprint density at radius 3 is 2.93 bits per heavy atom. The predicted molar refractivity (Wildman–Crippen MR) is 113 cm³/mol. The van der Waals surface area contributed by atoms with Crippen LogP contribution in [0.15, 0.2) is 40.9 Å². The van der Waals surface area contributed by atoms with Gasteiger partial charge in [0, 0.05) is 17.3 Å². The summed E-state index contributed by atoms with van der Waals surface area (Å²) in [6, 6.07) is 11.2. The number of hydrogen-bond acceptors (Lipinski definition) is 7. The molecule has 1 amide bonds. The first-order valence-corrected chi connectivity index (χ1v) is 10.6. The van der Waals surface area contributed by atoms with Crippen molar-refractivity contribution in [2.24, 2.45) is 0 Å². The Morgan fingerprint density at radius 2 is 2.25 bits per heavy atom. The van der Waals surface area contributed by atoms with Crippen LogP contribution in [0.2, 0.25) is 5.02 Å². The van der Waals surface area contributed by atoms with E-state index in [1.54, 1.807) is 17.0 Å². The van der Waals surface area contributed by atoms with Crippen LogP contribution in [0.5, 0.6) is 0 Å². The Balaban J connectivity index is 1.74. The van der Waals surface area contributed by atoms with E-state index in [9.17, 15) is 4.79 Å². The number of thioether (sulfide) groups is 1. The number of hydrogen-bond donors (Lipinski definition) is 1. The first-order valence-electron chi connectivity index (χ1n) is 8.32. The van der Waals surface area contributed by atoms with Gasteiger partial charge in [0.1, 0.15) is 0 Å². The highest BCUT2D eigenvalue weighted by Crippen LogP contribution is 2.27. The van der Waals surface area contributed by atoms with E-state index in [2.05, 4.69) is 16.3 Å². The van der Waals surface area contributed by atoms with E-state index in [1.807, 2.05) is 30.5 Å². The minimum absolute atomic E-state index is 0.118. The van der Waals surface area contributed by atoms with Crippen molar-refractivity contribution in [1.29, 1.82) is 5.26 Å². The zero-order chi connectivity index (χ0) is 20.1. The summed E-state index contributed by atoms with van der Waals surface area (Å²) in [5.74, 6) is 6.60. The molecule has 1 aromatic carbocycles. The van der Waals surface area contributed by atoms with Gasteiger partial charge in [-0.2, -0.15) is 5.26 Å². The number of nitrogens with two attached hydrogens (primary N) is 1. The van der Waals surface area contributed by atoms with Crippen LogP contribution in [-0.2, 0) is 4.79 Å². The van der Waals surface area contributed by atoms with E-state index in [1.165, 1.54) is 27.8 Å². The van der Waals surface area contributed by atoms with Crippen LogP contribution in [-0.4, -0.2) is 33.1 Å². The van der Waals surface area contributed by atoms with Crippen molar-refractivity contribution >= 4 is 46.3 Å². The summed E-state index contributed by atoms with van der Waals surface area (Å²) >= 11 is 8.80. The van der Waals surface area contributed by atoms with Crippen LogP contribution in [0.25, 0.3) is 10.7 Å². The molecule has 0 spiro atoms. The van der Waals surface area contributed by atoms with Crippen LogP contribution in [0.4, 0.5) is 5.69 Å². The number of nitrogens with zero attached hydrogens (tertiary/aromatic N) is 5. The number of halogens is 1. The Kier molecular flexibility index (Phi) is 6.57. The molecule has 0 atom stereocenters. The number of benzene rings is 1. The molecule has 2 heterocycles. The minimum atomic E-state index is -0.150. The number of rotatable bonds is 7. The Morgan fingerprint density at radius 1 is 1.43 bits per heavy atom. The van der Waals surface area contributed by atoms with Crippen molar-refractivity contribution in [2.75, 3.05) is 23.0 Å². The smallest absolute Gasteiger partial charge is 0.237 e. The Hall–Kier alpha value is -2.54. The minimum Gasteiger partial charge on any atom is -0.335 e. The zero-order valence-electron chi connectivity index (χ0n) is 15.0. The average molecular weight is 433 g/mol. The quantitative estimate of drug-likeness (QED) is 0.451.